The van der Waals surface area contributed by atoms with E-state index in [1.54, 1.807) is 11.0 Å². The second kappa shape index (κ2) is 4.41. The molecule has 1 aromatic heterocycles. The number of carbonyl (C=O) groups excluding carboxylic acids is 3. The molecule has 2 saturated heterocycles. The molecule has 0 bridgehead atoms. The van der Waals surface area contributed by atoms with Gasteiger partial charge in [-0.25, -0.2) is 0 Å². The molecule has 3 aliphatic rings. The van der Waals surface area contributed by atoms with Crippen LogP contribution in [0.4, 0.5) is 0 Å². The molecule has 1 saturated carbocycles. The van der Waals surface area contributed by atoms with Crippen LogP contribution < -0.4 is 0 Å². The van der Waals surface area contributed by atoms with Gasteiger partial charge >= 0.3 is 0 Å². The molecule has 110 valence electrons. The molecule has 0 N–H and O–H groups in total. The third-order valence-corrected chi connectivity index (χ3v) is 4.33. The molecule has 0 aromatic carbocycles. The van der Waals surface area contributed by atoms with Gasteiger partial charge < -0.3 is 9.42 Å². The number of imide groups is 1. The van der Waals surface area contributed by atoms with Crippen LogP contribution in [0, 0.1) is 0 Å². The topological polar surface area (TPSA) is 83.7 Å². The number of hydrogen-bond donors (Lipinski definition) is 0. The number of hydrogen-bond acceptors (Lipinski definition) is 5. The van der Waals surface area contributed by atoms with E-state index in [0.29, 0.717) is 24.7 Å². The number of nitrogens with zero attached hydrogens (tertiary/aromatic N) is 3. The predicted octanol–water partition coefficient (Wildman–Crippen LogP) is 0.525. The van der Waals surface area contributed by atoms with E-state index >= 15 is 0 Å². The van der Waals surface area contributed by atoms with Crippen molar-refractivity contribution >= 4 is 17.7 Å². The van der Waals surface area contributed by atoms with Gasteiger partial charge in [0.15, 0.2) is 5.69 Å². The Kier molecular flexibility index (Phi) is 2.63. The minimum Gasteiger partial charge on any atom is -0.360 e. The lowest BCUT2D eigenvalue weighted by Crippen LogP contribution is -2.62. The molecule has 1 aromatic rings. The van der Waals surface area contributed by atoms with Gasteiger partial charge in [0.1, 0.15) is 5.76 Å². The molecule has 0 unspecified atom stereocenters. The lowest BCUT2D eigenvalue weighted by molar-refractivity contribution is -0.144. The molecule has 4 rings (SSSR count). The predicted molar refractivity (Wildman–Crippen MR) is 69.3 cm³/mol. The first-order valence-electron chi connectivity index (χ1n) is 7.24. The molecule has 1 aliphatic carbocycles. The SMILES string of the molecule is O=C(c1cc(C2CC2)on1)N1CC(N2C(=O)CCC2=O)C1. The molecular weight excluding hydrogens is 274 g/mol. The number of rotatable bonds is 3. The van der Waals surface area contributed by atoms with Crippen molar-refractivity contribution in [1.29, 1.82) is 0 Å². The first-order chi connectivity index (χ1) is 10.1. The Morgan fingerprint density at radius 3 is 2.48 bits per heavy atom. The van der Waals surface area contributed by atoms with Gasteiger partial charge in [0.2, 0.25) is 11.8 Å². The number of carbonyl (C=O) groups is 3. The summed E-state index contributed by atoms with van der Waals surface area (Å²) in [5.41, 5.74) is 0.314. The Bertz CT molecular complexity index is 612. The van der Waals surface area contributed by atoms with Gasteiger partial charge in [0, 0.05) is 37.9 Å². The van der Waals surface area contributed by atoms with E-state index in [9.17, 15) is 14.4 Å². The van der Waals surface area contributed by atoms with Crippen molar-refractivity contribution in [3.63, 3.8) is 0 Å². The average molecular weight is 289 g/mol. The Morgan fingerprint density at radius 2 is 1.86 bits per heavy atom. The third-order valence-electron chi connectivity index (χ3n) is 4.33. The maximum atomic E-state index is 12.2. The molecule has 3 fully saturated rings. The summed E-state index contributed by atoms with van der Waals surface area (Å²) in [7, 11) is 0. The minimum absolute atomic E-state index is 0.130. The lowest BCUT2D eigenvalue weighted by atomic mass is 10.1. The largest absolute Gasteiger partial charge is 0.360 e. The molecule has 7 nitrogen and oxygen atoms in total. The van der Waals surface area contributed by atoms with E-state index in [0.717, 1.165) is 18.6 Å². The van der Waals surface area contributed by atoms with Crippen LogP contribution in [-0.4, -0.2) is 51.8 Å². The summed E-state index contributed by atoms with van der Waals surface area (Å²) >= 11 is 0. The fraction of sp³-hybridized carbons (Fsp3) is 0.571. The molecule has 0 atom stereocenters. The van der Waals surface area contributed by atoms with Crippen LogP contribution in [0.25, 0.3) is 0 Å². The van der Waals surface area contributed by atoms with Crippen molar-refractivity contribution in [3.8, 4) is 0 Å². The van der Waals surface area contributed by atoms with Crippen LogP contribution in [0.3, 0.4) is 0 Å². The van der Waals surface area contributed by atoms with Crippen molar-refractivity contribution in [2.24, 2.45) is 0 Å². The maximum absolute atomic E-state index is 12.2. The van der Waals surface area contributed by atoms with Crippen LogP contribution in [-0.2, 0) is 9.59 Å². The van der Waals surface area contributed by atoms with Gasteiger partial charge in [0.05, 0.1) is 6.04 Å². The van der Waals surface area contributed by atoms with Crippen LogP contribution in [0.5, 0.6) is 0 Å². The van der Waals surface area contributed by atoms with Gasteiger partial charge in [-0.15, -0.1) is 0 Å². The van der Waals surface area contributed by atoms with Crippen LogP contribution in [0.1, 0.15) is 47.8 Å². The average Bonchev–Trinajstić information content (AvgIpc) is 3.07. The molecular formula is C14H15N3O4. The Morgan fingerprint density at radius 1 is 1.19 bits per heavy atom. The van der Waals surface area contributed by atoms with Crippen molar-refractivity contribution < 1.29 is 18.9 Å². The maximum Gasteiger partial charge on any atom is 0.276 e. The summed E-state index contributed by atoms with van der Waals surface area (Å²) in [6.07, 6.45) is 2.76. The van der Waals surface area contributed by atoms with E-state index in [1.165, 1.54) is 4.90 Å². The Labute approximate surface area is 120 Å². The summed E-state index contributed by atoms with van der Waals surface area (Å²) in [4.78, 5) is 38.4. The normalized spacial score (nSPS) is 22.9. The molecule has 21 heavy (non-hydrogen) atoms. The zero-order valence-corrected chi connectivity index (χ0v) is 11.4. The number of likely N-dealkylation sites (tertiary alicyclic amines) is 2. The van der Waals surface area contributed by atoms with Crippen LogP contribution in [0.15, 0.2) is 10.6 Å². The number of aromatic nitrogens is 1. The highest BCUT2D eigenvalue weighted by Gasteiger charge is 2.43. The minimum atomic E-state index is -0.194. The first kappa shape index (κ1) is 12.6. The Balaban J connectivity index is 1.39. The van der Waals surface area contributed by atoms with Crippen molar-refractivity contribution in [2.75, 3.05) is 13.1 Å². The summed E-state index contributed by atoms with van der Waals surface area (Å²) in [5, 5.41) is 3.82. The molecule has 3 amide bonds. The Hall–Kier alpha value is -2.18. The van der Waals surface area contributed by atoms with Gasteiger partial charge in [-0.1, -0.05) is 5.16 Å². The van der Waals surface area contributed by atoms with Crippen molar-refractivity contribution in [1.82, 2.24) is 15.0 Å². The summed E-state index contributed by atoms with van der Waals surface area (Å²) in [5.74, 6) is 0.744. The summed E-state index contributed by atoms with van der Waals surface area (Å²) in [6.45, 7) is 0.782. The molecule has 2 aliphatic heterocycles. The lowest BCUT2D eigenvalue weighted by Gasteiger charge is -2.42. The second-order valence-corrected chi connectivity index (χ2v) is 5.91. The highest BCUT2D eigenvalue weighted by atomic mass is 16.5. The monoisotopic (exact) mass is 289 g/mol. The quantitative estimate of drug-likeness (QED) is 0.758. The molecule has 7 heteroatoms. The standard InChI is InChI=1S/C14H15N3O4/c18-12-3-4-13(19)17(12)9-6-16(7-9)14(20)10-5-11(21-15-10)8-1-2-8/h5,8-9H,1-4,6-7H2. The highest BCUT2D eigenvalue weighted by Crippen LogP contribution is 2.40. The first-order valence-corrected chi connectivity index (χ1v) is 7.24. The van der Waals surface area contributed by atoms with E-state index in [4.69, 9.17) is 4.52 Å². The fourth-order valence-corrected chi connectivity index (χ4v) is 2.90. The van der Waals surface area contributed by atoms with Crippen molar-refractivity contribution in [3.05, 3.63) is 17.5 Å². The zero-order chi connectivity index (χ0) is 14.6. The molecule has 3 heterocycles. The summed E-state index contributed by atoms with van der Waals surface area (Å²) in [6, 6.07) is 1.53. The van der Waals surface area contributed by atoms with Gasteiger partial charge in [-0.3, -0.25) is 19.3 Å². The second-order valence-electron chi connectivity index (χ2n) is 5.91. The van der Waals surface area contributed by atoms with Gasteiger partial charge in [-0.2, -0.15) is 0 Å². The van der Waals surface area contributed by atoms with Gasteiger partial charge in [-0.05, 0) is 12.8 Å². The fourth-order valence-electron chi connectivity index (χ4n) is 2.90. The third kappa shape index (κ3) is 2.03. The van der Waals surface area contributed by atoms with Crippen LogP contribution in [0.2, 0.25) is 0 Å². The van der Waals surface area contributed by atoms with E-state index in [1.807, 2.05) is 0 Å². The number of amides is 3. The molecule has 0 radical (unpaired) electrons. The van der Waals surface area contributed by atoms with Crippen LogP contribution >= 0.6 is 0 Å². The van der Waals surface area contributed by atoms with E-state index in [2.05, 4.69) is 5.16 Å². The zero-order valence-electron chi connectivity index (χ0n) is 11.4. The summed E-state index contributed by atoms with van der Waals surface area (Å²) < 4.78 is 5.17. The highest BCUT2D eigenvalue weighted by molar-refractivity contribution is 6.02. The molecule has 0 spiro atoms. The van der Waals surface area contributed by atoms with E-state index < -0.39 is 0 Å². The van der Waals surface area contributed by atoms with E-state index in [-0.39, 0.29) is 36.6 Å². The van der Waals surface area contributed by atoms with Crippen molar-refractivity contribution in [2.45, 2.75) is 37.6 Å². The smallest absolute Gasteiger partial charge is 0.276 e. The van der Waals surface area contributed by atoms with Gasteiger partial charge in [0.25, 0.3) is 5.91 Å².